The van der Waals surface area contributed by atoms with Crippen molar-refractivity contribution in [1.29, 1.82) is 0 Å². The summed E-state index contributed by atoms with van der Waals surface area (Å²) >= 11 is 0. The number of fused-ring (bicyclic) bond motifs is 8. The second-order valence-corrected chi connectivity index (χ2v) is 7.32. The van der Waals surface area contributed by atoms with Gasteiger partial charge in [-0.15, -0.1) is 0 Å². The highest BCUT2D eigenvalue weighted by Crippen LogP contribution is 2.17. The van der Waals surface area contributed by atoms with Gasteiger partial charge in [0.1, 0.15) is 0 Å². The zero-order valence-electron chi connectivity index (χ0n) is 16.8. The number of anilines is 1. The molecule has 2 aliphatic rings. The predicted octanol–water partition coefficient (Wildman–Crippen LogP) is 5.92. The van der Waals surface area contributed by atoms with E-state index in [9.17, 15) is 0 Å². The van der Waals surface area contributed by atoms with Gasteiger partial charge in [0.05, 0.1) is 22.8 Å². The van der Waals surface area contributed by atoms with Crippen LogP contribution in [0.3, 0.4) is 0 Å². The third kappa shape index (κ3) is 4.62. The van der Waals surface area contributed by atoms with Crippen LogP contribution in [-0.2, 0) is 0 Å². The SMILES string of the molecule is C1=Cc2cc3ccc(cc4ccc(cc5nc(cc1n2)C=C5)[nH]4)[nH]3.Nc1ccccc1. The Kier molecular flexibility index (Phi) is 4.91. The summed E-state index contributed by atoms with van der Waals surface area (Å²) in [6, 6.07) is 25.9. The Bertz CT molecular complexity index is 1350. The number of H-pyrrole nitrogens is 2. The van der Waals surface area contributed by atoms with Crippen molar-refractivity contribution in [3.63, 3.8) is 0 Å². The third-order valence-corrected chi connectivity index (χ3v) is 4.84. The number of para-hydroxylation sites is 1. The molecule has 0 saturated carbocycles. The highest BCUT2D eigenvalue weighted by Gasteiger charge is 2.02. The lowest BCUT2D eigenvalue weighted by atomic mass is 10.3. The van der Waals surface area contributed by atoms with Crippen LogP contribution in [0.2, 0.25) is 0 Å². The first-order valence-electron chi connectivity index (χ1n) is 10.0. The van der Waals surface area contributed by atoms with Crippen molar-refractivity contribution in [3.8, 4) is 0 Å². The molecule has 5 heterocycles. The number of benzene rings is 1. The van der Waals surface area contributed by atoms with Crippen molar-refractivity contribution < 1.29 is 0 Å². The van der Waals surface area contributed by atoms with Crippen LogP contribution >= 0.6 is 0 Å². The Hall–Kier alpha value is -4.38. The second kappa shape index (κ2) is 8.16. The van der Waals surface area contributed by atoms with Gasteiger partial charge >= 0.3 is 0 Å². The minimum absolute atomic E-state index is 0.822. The smallest absolute Gasteiger partial charge is 0.0659 e. The Morgan fingerprint density at radius 2 is 0.903 bits per heavy atom. The number of nitrogens with zero attached hydrogens (tertiary/aromatic N) is 2. The second-order valence-electron chi connectivity index (χ2n) is 7.32. The number of hydrogen-bond acceptors (Lipinski definition) is 3. The normalized spacial score (nSPS) is 11.7. The zero-order valence-corrected chi connectivity index (χ0v) is 16.8. The van der Waals surface area contributed by atoms with Gasteiger partial charge in [0.25, 0.3) is 0 Å². The number of rotatable bonds is 0. The molecule has 5 heteroatoms. The van der Waals surface area contributed by atoms with Crippen LogP contribution in [0.4, 0.5) is 5.69 Å². The lowest BCUT2D eigenvalue weighted by Crippen LogP contribution is -1.79. The molecule has 1 aromatic carbocycles. The first kappa shape index (κ1) is 18.6. The van der Waals surface area contributed by atoms with Crippen LogP contribution in [0.5, 0.6) is 0 Å². The molecule has 4 aromatic rings. The van der Waals surface area contributed by atoms with Crippen molar-refractivity contribution in [3.05, 3.63) is 102 Å². The van der Waals surface area contributed by atoms with Crippen molar-refractivity contribution in [1.82, 2.24) is 19.9 Å². The van der Waals surface area contributed by atoms with Gasteiger partial charge in [-0.2, -0.15) is 0 Å². The number of nitrogens with one attached hydrogen (secondary N) is 2. The average Bonchev–Trinajstić information content (AvgIpc) is 3.55. The summed E-state index contributed by atoms with van der Waals surface area (Å²) < 4.78 is 0. The molecule has 150 valence electrons. The van der Waals surface area contributed by atoms with Gasteiger partial charge in [-0.25, -0.2) is 9.97 Å². The molecule has 4 N–H and O–H groups in total. The first-order valence-corrected chi connectivity index (χ1v) is 10.0. The Labute approximate surface area is 179 Å². The van der Waals surface area contributed by atoms with Crippen molar-refractivity contribution >= 4 is 52.1 Å². The van der Waals surface area contributed by atoms with Crippen LogP contribution in [0.15, 0.2) is 78.9 Å². The fraction of sp³-hybridized carbons (Fsp3) is 0. The van der Waals surface area contributed by atoms with Crippen LogP contribution in [-0.4, -0.2) is 19.9 Å². The molecule has 0 atom stereocenters. The Morgan fingerprint density at radius 3 is 1.32 bits per heavy atom. The third-order valence-electron chi connectivity index (χ3n) is 4.84. The minimum Gasteiger partial charge on any atom is -0.399 e. The number of hydrogen-bond donors (Lipinski definition) is 3. The molecule has 31 heavy (non-hydrogen) atoms. The number of aromatic amines is 2. The maximum Gasteiger partial charge on any atom is 0.0659 e. The van der Waals surface area contributed by atoms with Gasteiger partial charge in [-0.05, 0) is 85.0 Å². The molecule has 6 rings (SSSR count). The number of nitrogen functional groups attached to an aromatic ring is 1. The lowest BCUT2D eigenvalue weighted by Gasteiger charge is -1.86. The van der Waals surface area contributed by atoms with Gasteiger partial charge < -0.3 is 15.7 Å². The van der Waals surface area contributed by atoms with E-state index in [1.165, 1.54) is 0 Å². The van der Waals surface area contributed by atoms with E-state index in [4.69, 9.17) is 5.73 Å². The van der Waals surface area contributed by atoms with Gasteiger partial charge in [-0.1, -0.05) is 18.2 Å². The largest absolute Gasteiger partial charge is 0.399 e. The van der Waals surface area contributed by atoms with E-state index in [1.807, 2.05) is 72.8 Å². The van der Waals surface area contributed by atoms with Crippen molar-refractivity contribution in [2.24, 2.45) is 0 Å². The maximum atomic E-state index is 5.36. The molecule has 0 aliphatic carbocycles. The zero-order chi connectivity index (χ0) is 21.0. The fourth-order valence-electron chi connectivity index (χ4n) is 3.40. The number of nitrogens with two attached hydrogens (primary N) is 1. The summed E-state index contributed by atoms with van der Waals surface area (Å²) in [6.45, 7) is 0. The molecule has 0 saturated heterocycles. The molecule has 0 radical (unpaired) electrons. The minimum atomic E-state index is 0.822. The van der Waals surface area contributed by atoms with E-state index in [-0.39, 0.29) is 0 Å². The summed E-state index contributed by atoms with van der Waals surface area (Å²) in [6.07, 6.45) is 8.05. The summed E-state index contributed by atoms with van der Waals surface area (Å²) in [5.41, 5.74) is 14.0. The highest BCUT2D eigenvalue weighted by atomic mass is 14.8. The molecular weight excluding hydrogens is 382 g/mol. The van der Waals surface area contributed by atoms with Gasteiger partial charge in [-0.3, -0.25) is 0 Å². The molecule has 0 spiro atoms. The number of aromatic nitrogens is 4. The van der Waals surface area contributed by atoms with Crippen LogP contribution in [0, 0.1) is 0 Å². The Morgan fingerprint density at radius 1 is 0.484 bits per heavy atom. The topological polar surface area (TPSA) is 83.4 Å². The molecule has 3 aromatic heterocycles. The molecule has 8 bridgehead atoms. The van der Waals surface area contributed by atoms with E-state index in [2.05, 4.69) is 50.3 Å². The molecule has 0 amide bonds. The Balaban J connectivity index is 0.000000250. The van der Waals surface area contributed by atoms with Gasteiger partial charge in [0.2, 0.25) is 0 Å². The summed E-state index contributed by atoms with van der Waals surface area (Å²) in [5.74, 6) is 0. The standard InChI is InChI=1S/C20H14N4.C6H7N/c1-2-14-10-16-5-6-18(23-16)12-20-8-7-19(24-20)11-17-4-3-15(22-17)9-13(1)21-14;7-6-4-2-1-3-5-6/h1-12,21-22H;1-5H,7H2. The molecule has 0 fully saturated rings. The summed E-state index contributed by atoms with van der Waals surface area (Å²) in [5, 5.41) is 0. The van der Waals surface area contributed by atoms with Gasteiger partial charge in [0.15, 0.2) is 0 Å². The fourth-order valence-corrected chi connectivity index (χ4v) is 3.40. The molecule has 0 unspecified atom stereocenters. The lowest BCUT2D eigenvalue weighted by molar-refractivity contribution is 1.28. The first-order chi connectivity index (χ1) is 15.2. The van der Waals surface area contributed by atoms with E-state index < -0.39 is 0 Å². The summed E-state index contributed by atoms with van der Waals surface area (Å²) in [7, 11) is 0. The molecule has 2 aliphatic heterocycles. The van der Waals surface area contributed by atoms with Crippen LogP contribution in [0.1, 0.15) is 22.8 Å². The van der Waals surface area contributed by atoms with Crippen molar-refractivity contribution in [2.45, 2.75) is 0 Å². The van der Waals surface area contributed by atoms with E-state index >= 15 is 0 Å². The van der Waals surface area contributed by atoms with E-state index in [0.29, 0.717) is 0 Å². The molecule has 5 nitrogen and oxygen atoms in total. The average molecular weight is 403 g/mol. The van der Waals surface area contributed by atoms with Gasteiger partial charge in [0, 0.05) is 27.8 Å². The predicted molar refractivity (Wildman–Crippen MR) is 130 cm³/mol. The summed E-state index contributed by atoms with van der Waals surface area (Å²) in [4.78, 5) is 16.0. The quantitative estimate of drug-likeness (QED) is 0.275. The van der Waals surface area contributed by atoms with E-state index in [0.717, 1.165) is 50.5 Å². The van der Waals surface area contributed by atoms with E-state index in [1.54, 1.807) is 0 Å². The van der Waals surface area contributed by atoms with Crippen molar-refractivity contribution in [2.75, 3.05) is 5.73 Å². The monoisotopic (exact) mass is 403 g/mol. The van der Waals surface area contributed by atoms with Crippen LogP contribution in [0.25, 0.3) is 46.4 Å². The molecular formula is C26H21N5. The maximum absolute atomic E-state index is 5.36. The highest BCUT2D eigenvalue weighted by molar-refractivity contribution is 5.77. The van der Waals surface area contributed by atoms with Crippen LogP contribution < -0.4 is 5.73 Å².